The van der Waals surface area contributed by atoms with Crippen molar-refractivity contribution in [2.24, 2.45) is 0 Å². The Morgan fingerprint density at radius 2 is 1.81 bits per heavy atom. The molecule has 1 saturated heterocycles. The smallest absolute Gasteiger partial charge is 0.289 e. The summed E-state index contributed by atoms with van der Waals surface area (Å²) in [6.07, 6.45) is 2.11. The molecule has 10 nitrogen and oxygen atoms in total. The number of amides is 2. The summed E-state index contributed by atoms with van der Waals surface area (Å²) in [4.78, 5) is 28.4. The van der Waals surface area contributed by atoms with E-state index in [-0.39, 0.29) is 29.8 Å². The lowest BCUT2D eigenvalue weighted by molar-refractivity contribution is 0.0515. The Hall–Kier alpha value is -3.66. The molecule has 1 aromatic carbocycles. The molecule has 3 heterocycles. The highest BCUT2D eigenvalue weighted by atomic mass is 16.5. The van der Waals surface area contributed by atoms with E-state index in [1.165, 1.54) is 17.1 Å². The average Bonchev–Trinajstić information content (AvgIpc) is 3.51. The maximum absolute atomic E-state index is 12.8. The van der Waals surface area contributed by atoms with Crippen molar-refractivity contribution in [3.63, 3.8) is 0 Å². The van der Waals surface area contributed by atoms with Gasteiger partial charge in [0.15, 0.2) is 11.5 Å². The summed E-state index contributed by atoms with van der Waals surface area (Å²) in [5.74, 6) is 0.418. The zero-order valence-corrected chi connectivity index (χ0v) is 17.0. The van der Waals surface area contributed by atoms with Gasteiger partial charge in [0.1, 0.15) is 11.9 Å². The lowest BCUT2D eigenvalue weighted by Gasteiger charge is -2.33. The summed E-state index contributed by atoms with van der Waals surface area (Å²) in [6.45, 7) is 1.73. The summed E-state index contributed by atoms with van der Waals surface area (Å²) in [6, 6.07) is 10.5. The van der Waals surface area contributed by atoms with Crippen LogP contribution < -0.4 is 4.74 Å². The Balaban J connectivity index is 1.35. The monoisotopic (exact) mass is 425 g/mol. The van der Waals surface area contributed by atoms with Gasteiger partial charge >= 0.3 is 0 Å². The molecule has 1 atom stereocenters. The van der Waals surface area contributed by atoms with Crippen LogP contribution in [0.2, 0.25) is 0 Å². The third-order valence-corrected chi connectivity index (χ3v) is 5.20. The van der Waals surface area contributed by atoms with Gasteiger partial charge in [-0.2, -0.15) is 0 Å². The highest BCUT2D eigenvalue weighted by Gasteiger charge is 2.28. The van der Waals surface area contributed by atoms with E-state index in [1.54, 1.807) is 41.2 Å². The van der Waals surface area contributed by atoms with Crippen LogP contribution in [0.15, 0.2) is 53.3 Å². The molecule has 0 unspecified atom stereocenters. The lowest BCUT2D eigenvalue weighted by atomic mass is 10.1. The predicted molar refractivity (Wildman–Crippen MR) is 108 cm³/mol. The number of methoxy groups -OCH3 is 1. The SMILES string of the molecule is COc1ccccc1[C@H](O)Cn1cc(C(=O)N2CCN(C(=O)c3ccco3)CC2)nn1. The number of benzene rings is 1. The zero-order valence-electron chi connectivity index (χ0n) is 17.0. The normalized spacial score (nSPS) is 15.0. The number of rotatable bonds is 6. The first-order valence-electron chi connectivity index (χ1n) is 9.90. The number of furan rings is 1. The molecule has 2 amide bonds. The van der Waals surface area contributed by atoms with Crippen LogP contribution in [0.4, 0.5) is 0 Å². The van der Waals surface area contributed by atoms with E-state index in [0.29, 0.717) is 37.5 Å². The minimum absolute atomic E-state index is 0.131. The average molecular weight is 425 g/mol. The number of hydrogen-bond acceptors (Lipinski definition) is 7. The number of piperazine rings is 1. The van der Waals surface area contributed by atoms with Crippen molar-refractivity contribution in [1.29, 1.82) is 0 Å². The highest BCUT2D eigenvalue weighted by Crippen LogP contribution is 2.25. The Morgan fingerprint density at radius 3 is 2.48 bits per heavy atom. The van der Waals surface area contributed by atoms with Gasteiger partial charge in [0.25, 0.3) is 11.8 Å². The highest BCUT2D eigenvalue weighted by molar-refractivity contribution is 5.93. The maximum atomic E-state index is 12.8. The molecule has 162 valence electrons. The fourth-order valence-corrected chi connectivity index (χ4v) is 3.53. The first-order valence-corrected chi connectivity index (χ1v) is 9.90. The van der Waals surface area contributed by atoms with Gasteiger partial charge in [-0.3, -0.25) is 9.59 Å². The topological polar surface area (TPSA) is 114 Å². The summed E-state index contributed by atoms with van der Waals surface area (Å²) < 4.78 is 11.9. The molecule has 31 heavy (non-hydrogen) atoms. The van der Waals surface area contributed by atoms with Crippen LogP contribution in [0.1, 0.15) is 32.7 Å². The van der Waals surface area contributed by atoms with Crippen molar-refractivity contribution in [2.75, 3.05) is 33.3 Å². The fourth-order valence-electron chi connectivity index (χ4n) is 3.53. The molecule has 3 aromatic rings. The summed E-state index contributed by atoms with van der Waals surface area (Å²) in [7, 11) is 1.54. The maximum Gasteiger partial charge on any atom is 0.289 e. The Kier molecular flexibility index (Phi) is 5.99. The molecule has 1 aliphatic rings. The minimum Gasteiger partial charge on any atom is -0.496 e. The number of para-hydroxylation sites is 1. The Morgan fingerprint density at radius 1 is 1.10 bits per heavy atom. The standard InChI is InChI=1S/C21H23N5O5/c1-30-18-6-3-2-5-15(18)17(27)14-26-13-16(22-23-26)20(28)24-8-10-25(11-9-24)21(29)19-7-4-12-31-19/h2-7,12-13,17,27H,8-11,14H2,1H3/t17-/m1/s1. The van der Waals surface area contributed by atoms with Crippen molar-refractivity contribution < 1.29 is 23.8 Å². The largest absolute Gasteiger partial charge is 0.496 e. The van der Waals surface area contributed by atoms with Gasteiger partial charge in [-0.05, 0) is 18.2 Å². The van der Waals surface area contributed by atoms with Gasteiger partial charge in [0.05, 0.1) is 26.1 Å². The molecule has 1 fully saturated rings. The van der Waals surface area contributed by atoms with Crippen molar-refractivity contribution in [3.8, 4) is 5.75 Å². The number of carbonyl (C=O) groups is 2. The van der Waals surface area contributed by atoms with Crippen LogP contribution in [-0.2, 0) is 6.54 Å². The van der Waals surface area contributed by atoms with E-state index in [1.807, 2.05) is 12.1 Å². The molecule has 4 rings (SSSR count). The van der Waals surface area contributed by atoms with Crippen molar-refractivity contribution in [2.45, 2.75) is 12.6 Å². The zero-order chi connectivity index (χ0) is 21.8. The van der Waals surface area contributed by atoms with Crippen molar-refractivity contribution in [1.82, 2.24) is 24.8 Å². The third-order valence-electron chi connectivity index (χ3n) is 5.20. The molecule has 0 spiro atoms. The number of aliphatic hydroxyl groups excluding tert-OH is 1. The first kappa shape index (κ1) is 20.6. The number of aromatic nitrogens is 3. The molecule has 1 N–H and O–H groups in total. The van der Waals surface area contributed by atoms with Gasteiger partial charge in [-0.15, -0.1) is 5.10 Å². The molecular formula is C21H23N5O5. The molecule has 0 radical (unpaired) electrons. The molecular weight excluding hydrogens is 402 g/mol. The lowest BCUT2D eigenvalue weighted by Crippen LogP contribution is -2.50. The molecule has 1 aliphatic heterocycles. The molecule has 0 aliphatic carbocycles. The van der Waals surface area contributed by atoms with Gasteiger partial charge in [-0.1, -0.05) is 23.4 Å². The van der Waals surface area contributed by atoms with E-state index in [4.69, 9.17) is 9.15 Å². The Bertz CT molecular complexity index is 1040. The van der Waals surface area contributed by atoms with Gasteiger partial charge in [-0.25, -0.2) is 4.68 Å². The van der Waals surface area contributed by atoms with E-state index in [9.17, 15) is 14.7 Å². The predicted octanol–water partition coefficient (Wildman–Crippen LogP) is 1.21. The van der Waals surface area contributed by atoms with E-state index in [2.05, 4.69) is 10.3 Å². The van der Waals surface area contributed by atoms with E-state index < -0.39 is 6.10 Å². The van der Waals surface area contributed by atoms with Crippen LogP contribution in [0.25, 0.3) is 0 Å². The number of carbonyl (C=O) groups excluding carboxylic acids is 2. The summed E-state index contributed by atoms with van der Waals surface area (Å²) >= 11 is 0. The number of ether oxygens (including phenoxy) is 1. The second-order valence-electron chi connectivity index (χ2n) is 7.15. The first-order chi connectivity index (χ1) is 15.1. The molecule has 10 heteroatoms. The van der Waals surface area contributed by atoms with Crippen LogP contribution in [-0.4, -0.2) is 75.0 Å². The Labute approximate surface area is 178 Å². The summed E-state index contributed by atoms with van der Waals surface area (Å²) in [5, 5.41) is 18.5. The van der Waals surface area contributed by atoms with Crippen molar-refractivity contribution in [3.05, 3.63) is 65.9 Å². The van der Waals surface area contributed by atoms with Crippen LogP contribution in [0, 0.1) is 0 Å². The van der Waals surface area contributed by atoms with Crippen molar-refractivity contribution >= 4 is 11.8 Å². The molecule has 0 saturated carbocycles. The second kappa shape index (κ2) is 9.00. The van der Waals surface area contributed by atoms with Crippen LogP contribution in [0.5, 0.6) is 5.75 Å². The van der Waals surface area contributed by atoms with Gasteiger partial charge in [0.2, 0.25) is 0 Å². The molecule has 0 bridgehead atoms. The quantitative estimate of drug-likeness (QED) is 0.631. The third kappa shape index (κ3) is 4.43. The summed E-state index contributed by atoms with van der Waals surface area (Å²) in [5.41, 5.74) is 0.823. The van der Waals surface area contributed by atoms with E-state index >= 15 is 0 Å². The van der Waals surface area contributed by atoms with Crippen LogP contribution >= 0.6 is 0 Å². The number of nitrogens with zero attached hydrogens (tertiary/aromatic N) is 5. The number of hydrogen-bond donors (Lipinski definition) is 1. The second-order valence-corrected chi connectivity index (χ2v) is 7.15. The van der Waals surface area contributed by atoms with Gasteiger partial charge in [0, 0.05) is 31.7 Å². The number of aliphatic hydroxyl groups is 1. The van der Waals surface area contributed by atoms with Gasteiger partial charge < -0.3 is 24.1 Å². The minimum atomic E-state index is -0.864. The van der Waals surface area contributed by atoms with Crippen LogP contribution in [0.3, 0.4) is 0 Å². The van der Waals surface area contributed by atoms with E-state index in [0.717, 1.165) is 0 Å². The fraction of sp³-hybridized carbons (Fsp3) is 0.333. The molecule has 2 aromatic heterocycles.